The summed E-state index contributed by atoms with van der Waals surface area (Å²) in [5.74, 6) is -3.14. The second kappa shape index (κ2) is 10.6. The summed E-state index contributed by atoms with van der Waals surface area (Å²) in [5, 5.41) is 18.9. The molecular formula is C31H31N7O8. The molecule has 4 aromatic rings. The molecule has 2 bridgehead atoms. The van der Waals surface area contributed by atoms with E-state index >= 15 is 0 Å². The summed E-state index contributed by atoms with van der Waals surface area (Å²) in [6.45, 7) is 1.35. The maximum absolute atomic E-state index is 13.4. The van der Waals surface area contributed by atoms with Gasteiger partial charge in [-0.25, -0.2) is 14.2 Å². The number of nitrogens with one attached hydrogen (secondary N) is 2. The minimum Gasteiger partial charge on any atom is -0.481 e. The lowest BCUT2D eigenvalue weighted by Gasteiger charge is -2.51. The molecule has 15 nitrogen and oxygen atoms in total. The number of nitrogens with two attached hydrogens (primary N) is 1. The number of rotatable bonds is 8. The molecule has 0 atom stereocenters. The molecular weight excluding hydrogens is 598 g/mol. The van der Waals surface area contributed by atoms with Gasteiger partial charge in [-0.2, -0.15) is 0 Å². The van der Waals surface area contributed by atoms with E-state index in [1.807, 2.05) is 18.2 Å². The quantitative estimate of drug-likeness (QED) is 0.196. The highest BCUT2D eigenvalue weighted by atomic mass is 16.5. The van der Waals surface area contributed by atoms with Crippen molar-refractivity contribution in [3.8, 4) is 0 Å². The molecule has 2 amide bonds. The predicted octanol–water partition coefficient (Wildman–Crippen LogP) is 0.508. The van der Waals surface area contributed by atoms with Crippen LogP contribution in [0.25, 0.3) is 5.78 Å². The zero-order valence-electron chi connectivity index (χ0n) is 24.8. The second-order valence-corrected chi connectivity index (χ2v) is 12.8. The van der Waals surface area contributed by atoms with Gasteiger partial charge in [0.2, 0.25) is 0 Å². The Morgan fingerprint density at radius 1 is 0.957 bits per heavy atom. The molecule has 0 spiro atoms. The Balaban J connectivity index is 1.05. The standard InChI is InChI=1S/C31H31N7O8/c32-21-22(24(40)23(21)39)37-10-3-17-2-1-16(11-18(17)14-37)13-33-26(42)20-12-19(35-28-36-46-29(45)38(20)28)25(41)34-15-30-4-7-31(8-5-30,9-6-30)27(43)44/h1-2,11-12H,3-10,13-15,32H2,(H,33,42)(H,34,41)(H,43,44). The first kappa shape index (κ1) is 29.4. The smallest absolute Gasteiger partial charge is 0.448 e. The molecule has 0 saturated heterocycles. The molecule has 238 valence electrons. The molecule has 2 aromatic carbocycles. The van der Waals surface area contributed by atoms with Crippen LogP contribution in [0.4, 0.5) is 11.4 Å². The summed E-state index contributed by atoms with van der Waals surface area (Å²) in [5.41, 5.74) is 6.33. The molecule has 8 rings (SSSR count). The molecule has 5 N–H and O–H groups in total. The van der Waals surface area contributed by atoms with Gasteiger partial charge < -0.3 is 26.4 Å². The highest BCUT2D eigenvalue weighted by Gasteiger charge is 2.52. The van der Waals surface area contributed by atoms with Gasteiger partial charge in [0.1, 0.15) is 22.8 Å². The maximum atomic E-state index is 13.4. The zero-order valence-corrected chi connectivity index (χ0v) is 24.8. The van der Waals surface area contributed by atoms with Crippen molar-refractivity contribution in [3.63, 3.8) is 0 Å². The number of carboxylic acid groups (broad SMARTS) is 1. The fraction of sp³-hybridized carbons (Fsp3) is 0.419. The van der Waals surface area contributed by atoms with E-state index in [-0.39, 0.29) is 40.5 Å². The summed E-state index contributed by atoms with van der Waals surface area (Å²) in [4.78, 5) is 80.3. The third-order valence-corrected chi connectivity index (χ3v) is 10.2. The second-order valence-electron chi connectivity index (χ2n) is 12.8. The largest absolute Gasteiger partial charge is 0.481 e. The van der Waals surface area contributed by atoms with Gasteiger partial charge in [0.05, 0.1) is 5.41 Å². The van der Waals surface area contributed by atoms with Crippen molar-refractivity contribution in [2.24, 2.45) is 10.8 Å². The molecule has 3 aliphatic carbocycles. The van der Waals surface area contributed by atoms with Gasteiger partial charge >= 0.3 is 11.7 Å². The van der Waals surface area contributed by atoms with Gasteiger partial charge in [-0.15, -0.1) is 0 Å². The van der Waals surface area contributed by atoms with E-state index in [4.69, 9.17) is 10.3 Å². The van der Waals surface area contributed by atoms with E-state index < -0.39 is 39.8 Å². The van der Waals surface area contributed by atoms with Crippen molar-refractivity contribution >= 4 is 34.9 Å². The first-order valence-corrected chi connectivity index (χ1v) is 15.1. The van der Waals surface area contributed by atoms with Gasteiger partial charge in [0.15, 0.2) is 0 Å². The molecule has 2 aromatic heterocycles. The number of carboxylic acids is 1. The maximum Gasteiger partial charge on any atom is 0.448 e. The molecule has 3 heterocycles. The Morgan fingerprint density at radius 2 is 1.70 bits per heavy atom. The fourth-order valence-corrected chi connectivity index (χ4v) is 7.24. The van der Waals surface area contributed by atoms with Crippen LogP contribution in [0.2, 0.25) is 0 Å². The number of hydrogen-bond donors (Lipinski definition) is 4. The van der Waals surface area contributed by atoms with E-state index in [2.05, 4.69) is 20.8 Å². The fourth-order valence-electron chi connectivity index (χ4n) is 7.24. The van der Waals surface area contributed by atoms with Crippen LogP contribution in [0.1, 0.15) is 76.2 Å². The average molecular weight is 630 g/mol. The highest BCUT2D eigenvalue weighted by molar-refractivity contribution is 5.98. The normalized spacial score (nSPS) is 22.1. The topological polar surface area (TPSA) is 219 Å². The first-order chi connectivity index (χ1) is 22.0. The van der Waals surface area contributed by atoms with Crippen LogP contribution >= 0.6 is 0 Å². The third-order valence-electron chi connectivity index (χ3n) is 10.2. The molecule has 4 aliphatic rings. The minimum atomic E-state index is -0.934. The van der Waals surface area contributed by atoms with Gasteiger partial charge in [-0.1, -0.05) is 18.2 Å². The van der Waals surface area contributed by atoms with Crippen LogP contribution in [-0.2, 0) is 24.3 Å². The van der Waals surface area contributed by atoms with E-state index in [9.17, 15) is 33.9 Å². The van der Waals surface area contributed by atoms with Gasteiger partial charge in [0.25, 0.3) is 28.4 Å². The van der Waals surface area contributed by atoms with Crippen molar-refractivity contribution in [3.05, 3.63) is 83.3 Å². The Morgan fingerprint density at radius 3 is 2.39 bits per heavy atom. The van der Waals surface area contributed by atoms with E-state index in [1.54, 1.807) is 4.90 Å². The van der Waals surface area contributed by atoms with Crippen molar-refractivity contribution < 1.29 is 24.0 Å². The molecule has 3 saturated carbocycles. The lowest BCUT2D eigenvalue weighted by atomic mass is 9.53. The Labute approximate surface area is 260 Å². The van der Waals surface area contributed by atoms with Crippen molar-refractivity contribution in [2.45, 2.75) is 58.0 Å². The van der Waals surface area contributed by atoms with Gasteiger partial charge in [-0.05, 0) is 78.3 Å². The van der Waals surface area contributed by atoms with E-state index in [1.165, 1.54) is 6.07 Å². The predicted molar refractivity (Wildman–Crippen MR) is 162 cm³/mol. The molecule has 0 radical (unpaired) electrons. The number of carbonyl (C=O) groups is 3. The summed E-state index contributed by atoms with van der Waals surface area (Å²) >= 11 is 0. The van der Waals surface area contributed by atoms with Crippen LogP contribution in [0.3, 0.4) is 0 Å². The van der Waals surface area contributed by atoms with Crippen LogP contribution < -0.4 is 37.9 Å². The number of aromatic nitrogens is 3. The van der Waals surface area contributed by atoms with Gasteiger partial charge in [-0.3, -0.25) is 28.5 Å². The number of anilines is 2. The van der Waals surface area contributed by atoms with Gasteiger partial charge in [0, 0.05) is 26.2 Å². The Hall–Kier alpha value is -5.34. The molecule has 0 unspecified atom stereocenters. The Bertz CT molecular complexity index is 2050. The number of nitrogen functional groups attached to an aromatic ring is 1. The summed E-state index contributed by atoms with van der Waals surface area (Å²) in [6, 6.07) is 6.91. The number of nitrogens with zero attached hydrogens (tertiary/aromatic N) is 4. The SMILES string of the molecule is Nc1c(N2CCc3ccc(CNC(=O)c4cc(C(=O)NCC56CCC(C(=O)O)(CC5)CC6)nc5noc(=O)n45)cc3C2)c(=O)c1=O. The highest BCUT2D eigenvalue weighted by Crippen LogP contribution is 2.56. The average Bonchev–Trinajstić information content (AvgIpc) is 3.46. The Kier molecular flexibility index (Phi) is 6.79. The number of aliphatic carboxylic acids is 1. The van der Waals surface area contributed by atoms with Crippen molar-refractivity contribution in [1.82, 2.24) is 25.2 Å². The number of fused-ring (bicyclic) bond motifs is 5. The van der Waals surface area contributed by atoms with Crippen LogP contribution in [0.15, 0.2) is 43.2 Å². The summed E-state index contributed by atoms with van der Waals surface area (Å²) in [7, 11) is 0. The lowest BCUT2D eigenvalue weighted by Crippen LogP contribution is -2.50. The lowest BCUT2D eigenvalue weighted by molar-refractivity contribution is -0.158. The number of amides is 2. The molecule has 3 fully saturated rings. The summed E-state index contributed by atoms with van der Waals surface area (Å²) < 4.78 is 5.61. The van der Waals surface area contributed by atoms with Crippen molar-refractivity contribution in [2.75, 3.05) is 23.7 Å². The van der Waals surface area contributed by atoms with Crippen molar-refractivity contribution in [1.29, 1.82) is 0 Å². The zero-order chi connectivity index (χ0) is 32.4. The number of benzene rings is 1. The third kappa shape index (κ3) is 4.73. The van der Waals surface area contributed by atoms with Crippen LogP contribution in [0.5, 0.6) is 0 Å². The van der Waals surface area contributed by atoms with E-state index in [0.717, 1.165) is 21.1 Å². The number of hydrogen-bond acceptors (Lipinski definition) is 11. The summed E-state index contributed by atoms with van der Waals surface area (Å²) in [6.07, 6.45) is 4.47. The van der Waals surface area contributed by atoms with Crippen LogP contribution in [0, 0.1) is 10.8 Å². The number of carbonyl (C=O) groups excluding carboxylic acids is 2. The van der Waals surface area contributed by atoms with Crippen LogP contribution in [-0.4, -0.2) is 50.5 Å². The molecule has 15 heteroatoms. The molecule has 46 heavy (non-hydrogen) atoms. The first-order valence-electron chi connectivity index (χ1n) is 15.1. The monoisotopic (exact) mass is 629 g/mol. The van der Waals surface area contributed by atoms with E-state index in [0.29, 0.717) is 64.6 Å². The minimum absolute atomic E-state index is 0.0213. The molecule has 1 aliphatic heterocycles.